The molecule has 0 aliphatic heterocycles. The molecule has 2 rings (SSSR count). The Hall–Kier alpha value is -1.10. The van der Waals surface area contributed by atoms with Gasteiger partial charge in [-0.3, -0.25) is 4.68 Å². The molecular formula is C15H23ClN4. The van der Waals surface area contributed by atoms with Crippen molar-refractivity contribution in [2.75, 3.05) is 20.6 Å². The number of aryl methyl sites for hydroxylation is 1. The molecule has 0 spiro atoms. The topological polar surface area (TPSA) is 33.1 Å². The van der Waals surface area contributed by atoms with E-state index in [0.717, 1.165) is 41.1 Å². The van der Waals surface area contributed by atoms with Gasteiger partial charge in [-0.15, -0.1) is 0 Å². The molecule has 20 heavy (non-hydrogen) atoms. The molecule has 5 heteroatoms. The van der Waals surface area contributed by atoms with Crippen LogP contribution in [-0.4, -0.2) is 41.4 Å². The number of nitrogens with zero attached hydrogens (tertiary/aromatic N) is 3. The zero-order valence-corrected chi connectivity index (χ0v) is 13.4. The molecule has 0 bridgehead atoms. The Kier molecular flexibility index (Phi) is 5.02. The summed E-state index contributed by atoms with van der Waals surface area (Å²) in [5.74, 6) is 0. The smallest absolute Gasteiger partial charge is 0.0856 e. The fourth-order valence-corrected chi connectivity index (χ4v) is 2.58. The minimum absolute atomic E-state index is 0.456. The SMILES string of the molecule is C[C@@H](CCN(C)C)NCc1nn(C)c2cccc(Cl)c12. The summed E-state index contributed by atoms with van der Waals surface area (Å²) in [6.45, 7) is 4.03. The van der Waals surface area contributed by atoms with Crippen molar-refractivity contribution in [2.45, 2.75) is 25.9 Å². The van der Waals surface area contributed by atoms with E-state index in [1.807, 2.05) is 29.9 Å². The monoisotopic (exact) mass is 294 g/mol. The fourth-order valence-electron chi connectivity index (χ4n) is 2.30. The van der Waals surface area contributed by atoms with Gasteiger partial charge in [0.15, 0.2) is 0 Å². The summed E-state index contributed by atoms with van der Waals surface area (Å²) in [5.41, 5.74) is 2.10. The number of benzene rings is 1. The molecule has 0 unspecified atom stereocenters. The summed E-state index contributed by atoms with van der Waals surface area (Å²) >= 11 is 6.31. The molecule has 2 aromatic rings. The Bertz CT molecular complexity index is 577. The highest BCUT2D eigenvalue weighted by atomic mass is 35.5. The van der Waals surface area contributed by atoms with Gasteiger partial charge < -0.3 is 10.2 Å². The van der Waals surface area contributed by atoms with Crippen LogP contribution in [0.5, 0.6) is 0 Å². The molecule has 0 saturated carbocycles. The van der Waals surface area contributed by atoms with Gasteiger partial charge in [0.2, 0.25) is 0 Å². The molecule has 4 nitrogen and oxygen atoms in total. The van der Waals surface area contributed by atoms with Crippen molar-refractivity contribution in [1.82, 2.24) is 20.0 Å². The highest BCUT2D eigenvalue weighted by molar-refractivity contribution is 6.35. The van der Waals surface area contributed by atoms with Crippen molar-refractivity contribution in [1.29, 1.82) is 0 Å². The van der Waals surface area contributed by atoms with E-state index in [1.165, 1.54) is 0 Å². The third kappa shape index (κ3) is 3.51. The van der Waals surface area contributed by atoms with E-state index in [2.05, 4.69) is 36.3 Å². The fraction of sp³-hybridized carbons (Fsp3) is 0.533. The van der Waals surface area contributed by atoms with Gasteiger partial charge in [0.25, 0.3) is 0 Å². The average molecular weight is 295 g/mol. The molecule has 1 atom stereocenters. The highest BCUT2D eigenvalue weighted by Gasteiger charge is 2.12. The van der Waals surface area contributed by atoms with Gasteiger partial charge in [-0.1, -0.05) is 17.7 Å². The maximum absolute atomic E-state index is 6.31. The predicted octanol–water partition coefficient (Wildman–Crippen LogP) is 2.66. The lowest BCUT2D eigenvalue weighted by Gasteiger charge is -2.16. The second kappa shape index (κ2) is 6.57. The van der Waals surface area contributed by atoms with E-state index in [1.54, 1.807) is 0 Å². The van der Waals surface area contributed by atoms with Gasteiger partial charge in [-0.2, -0.15) is 5.10 Å². The van der Waals surface area contributed by atoms with E-state index in [0.29, 0.717) is 6.04 Å². The number of rotatable bonds is 6. The standard InChI is InChI=1S/C15H23ClN4/c1-11(8-9-19(2)3)17-10-13-15-12(16)6-5-7-14(15)20(4)18-13/h5-7,11,17H,8-10H2,1-4H3/t11-/m0/s1. The summed E-state index contributed by atoms with van der Waals surface area (Å²) in [4.78, 5) is 2.20. The van der Waals surface area contributed by atoms with E-state index in [9.17, 15) is 0 Å². The molecule has 0 amide bonds. The van der Waals surface area contributed by atoms with Crippen molar-refractivity contribution >= 4 is 22.5 Å². The van der Waals surface area contributed by atoms with Gasteiger partial charge in [-0.05, 0) is 46.1 Å². The first-order valence-electron chi connectivity index (χ1n) is 6.97. The van der Waals surface area contributed by atoms with Crippen molar-refractivity contribution in [2.24, 2.45) is 7.05 Å². The molecule has 0 radical (unpaired) electrons. The highest BCUT2D eigenvalue weighted by Crippen LogP contribution is 2.26. The number of halogens is 1. The summed E-state index contributed by atoms with van der Waals surface area (Å²) in [7, 11) is 6.15. The minimum Gasteiger partial charge on any atom is -0.309 e. The summed E-state index contributed by atoms with van der Waals surface area (Å²) in [5, 5.41) is 9.93. The summed E-state index contributed by atoms with van der Waals surface area (Å²) < 4.78 is 1.89. The van der Waals surface area contributed by atoms with Crippen LogP contribution in [-0.2, 0) is 13.6 Å². The first-order valence-corrected chi connectivity index (χ1v) is 7.35. The van der Waals surface area contributed by atoms with Crippen molar-refractivity contribution in [3.8, 4) is 0 Å². The number of aromatic nitrogens is 2. The van der Waals surface area contributed by atoms with Crippen molar-refractivity contribution < 1.29 is 0 Å². The largest absolute Gasteiger partial charge is 0.309 e. The number of hydrogen-bond acceptors (Lipinski definition) is 3. The Morgan fingerprint density at radius 3 is 2.85 bits per heavy atom. The normalized spacial score (nSPS) is 13.3. The van der Waals surface area contributed by atoms with Gasteiger partial charge in [0, 0.05) is 25.0 Å². The second-order valence-electron chi connectivity index (χ2n) is 5.58. The van der Waals surface area contributed by atoms with Crippen LogP contribution >= 0.6 is 11.6 Å². The first kappa shape index (κ1) is 15.3. The molecule has 1 aromatic carbocycles. The molecule has 110 valence electrons. The van der Waals surface area contributed by atoms with Crippen LogP contribution < -0.4 is 5.32 Å². The van der Waals surface area contributed by atoms with Crippen LogP contribution in [0.15, 0.2) is 18.2 Å². The van der Waals surface area contributed by atoms with Crippen molar-refractivity contribution in [3.05, 3.63) is 28.9 Å². The third-order valence-corrected chi connectivity index (χ3v) is 3.84. The van der Waals surface area contributed by atoms with Gasteiger partial charge >= 0.3 is 0 Å². The van der Waals surface area contributed by atoms with Gasteiger partial charge in [0.1, 0.15) is 0 Å². The maximum atomic E-state index is 6.31. The number of hydrogen-bond donors (Lipinski definition) is 1. The zero-order valence-electron chi connectivity index (χ0n) is 12.7. The lowest BCUT2D eigenvalue weighted by Crippen LogP contribution is -2.29. The molecule has 1 aromatic heterocycles. The lowest BCUT2D eigenvalue weighted by molar-refractivity contribution is 0.365. The van der Waals surface area contributed by atoms with Crippen LogP contribution in [0.1, 0.15) is 19.0 Å². The summed E-state index contributed by atoms with van der Waals surface area (Å²) in [6.07, 6.45) is 1.12. The zero-order chi connectivity index (χ0) is 14.7. The van der Waals surface area contributed by atoms with Gasteiger partial charge in [-0.25, -0.2) is 0 Å². The van der Waals surface area contributed by atoms with Crippen LogP contribution in [0.25, 0.3) is 10.9 Å². The first-order chi connectivity index (χ1) is 9.49. The van der Waals surface area contributed by atoms with Gasteiger partial charge in [0.05, 0.1) is 16.2 Å². The summed E-state index contributed by atoms with van der Waals surface area (Å²) in [6, 6.07) is 6.39. The Morgan fingerprint density at radius 2 is 2.15 bits per heavy atom. The molecule has 0 saturated heterocycles. The van der Waals surface area contributed by atoms with E-state index in [-0.39, 0.29) is 0 Å². The van der Waals surface area contributed by atoms with Crippen LogP contribution in [0, 0.1) is 0 Å². The second-order valence-corrected chi connectivity index (χ2v) is 5.99. The number of nitrogens with one attached hydrogen (secondary N) is 1. The predicted molar refractivity (Wildman–Crippen MR) is 85.2 cm³/mol. The van der Waals surface area contributed by atoms with Crippen LogP contribution in [0.2, 0.25) is 5.02 Å². The maximum Gasteiger partial charge on any atom is 0.0856 e. The molecule has 0 fully saturated rings. The molecule has 0 aliphatic carbocycles. The van der Waals surface area contributed by atoms with E-state index in [4.69, 9.17) is 11.6 Å². The molecular weight excluding hydrogens is 272 g/mol. The average Bonchev–Trinajstić information content (AvgIpc) is 2.72. The Balaban J connectivity index is 2.07. The molecule has 1 heterocycles. The third-order valence-electron chi connectivity index (χ3n) is 3.53. The van der Waals surface area contributed by atoms with Crippen LogP contribution in [0.3, 0.4) is 0 Å². The lowest BCUT2D eigenvalue weighted by atomic mass is 10.2. The number of fused-ring (bicyclic) bond motifs is 1. The Morgan fingerprint density at radius 1 is 1.40 bits per heavy atom. The minimum atomic E-state index is 0.456. The Labute approximate surface area is 125 Å². The molecule has 1 N–H and O–H groups in total. The van der Waals surface area contributed by atoms with Crippen LogP contribution in [0.4, 0.5) is 0 Å². The molecule has 0 aliphatic rings. The van der Waals surface area contributed by atoms with E-state index >= 15 is 0 Å². The van der Waals surface area contributed by atoms with E-state index < -0.39 is 0 Å². The quantitative estimate of drug-likeness (QED) is 0.889. The van der Waals surface area contributed by atoms with Crippen molar-refractivity contribution in [3.63, 3.8) is 0 Å².